The van der Waals surface area contributed by atoms with E-state index >= 15 is 0 Å². The summed E-state index contributed by atoms with van der Waals surface area (Å²) in [4.78, 5) is 11.2. The lowest BCUT2D eigenvalue weighted by Crippen LogP contribution is -2.13. The number of nitrogens with zero attached hydrogens (tertiary/aromatic N) is 1. The molecule has 0 aliphatic carbocycles. The quantitative estimate of drug-likeness (QED) is 0.803. The third kappa shape index (κ3) is 1.72. The van der Waals surface area contributed by atoms with Gasteiger partial charge in [-0.25, -0.2) is 9.07 Å². The minimum Gasteiger partial charge on any atom is -0.298 e. The van der Waals surface area contributed by atoms with E-state index in [0.717, 1.165) is 3.57 Å². The van der Waals surface area contributed by atoms with Crippen LogP contribution in [-0.2, 0) is 0 Å². The highest BCUT2D eigenvalue weighted by Crippen LogP contribution is 2.13. The molecule has 2 rings (SSSR count). The van der Waals surface area contributed by atoms with Gasteiger partial charge < -0.3 is 0 Å². The predicted molar refractivity (Wildman–Crippen MR) is 59.1 cm³/mol. The minimum atomic E-state index is -0.353. The Morgan fingerprint density at radius 1 is 1.36 bits per heavy atom. The van der Waals surface area contributed by atoms with Gasteiger partial charge in [0.25, 0.3) is 5.56 Å². The number of benzene rings is 1. The Balaban J connectivity index is 2.63. The van der Waals surface area contributed by atoms with Gasteiger partial charge in [0.05, 0.1) is 5.69 Å². The van der Waals surface area contributed by atoms with Crippen molar-refractivity contribution in [1.82, 2.24) is 9.78 Å². The summed E-state index contributed by atoms with van der Waals surface area (Å²) in [5, 5.41) is 2.71. The molecule has 0 fully saturated rings. The number of H-pyrrole nitrogens is 1. The van der Waals surface area contributed by atoms with E-state index in [2.05, 4.69) is 5.10 Å². The molecule has 1 heterocycles. The predicted octanol–water partition coefficient (Wildman–Crippen LogP) is 1.91. The van der Waals surface area contributed by atoms with Gasteiger partial charge in [-0.15, -0.1) is 0 Å². The van der Waals surface area contributed by atoms with E-state index in [9.17, 15) is 9.18 Å². The standard InChI is InChI=1S/C9H6FIN2O/c10-6-3-7(11)5-8(4-6)13-9(14)1-2-12-13/h1-5,12H. The van der Waals surface area contributed by atoms with Crippen LogP contribution in [0.4, 0.5) is 4.39 Å². The lowest BCUT2D eigenvalue weighted by Gasteiger charge is -2.02. The molecule has 0 unspecified atom stereocenters. The van der Waals surface area contributed by atoms with Gasteiger partial charge in [0, 0.05) is 15.8 Å². The number of halogens is 2. The number of aromatic amines is 1. The molecule has 2 aromatic rings. The SMILES string of the molecule is O=c1cc[nH]n1-c1cc(F)cc(I)c1. The van der Waals surface area contributed by atoms with E-state index < -0.39 is 0 Å². The van der Waals surface area contributed by atoms with Crippen LogP contribution in [0.5, 0.6) is 0 Å². The molecule has 0 amide bonds. The summed E-state index contributed by atoms with van der Waals surface area (Å²) in [6, 6.07) is 5.82. The Bertz CT molecular complexity index is 497. The molecule has 1 aromatic carbocycles. The van der Waals surface area contributed by atoms with Crippen molar-refractivity contribution in [2.45, 2.75) is 0 Å². The first-order valence-corrected chi connectivity index (χ1v) is 4.97. The number of rotatable bonds is 1. The molecule has 0 saturated carbocycles. The minimum absolute atomic E-state index is 0.202. The van der Waals surface area contributed by atoms with Crippen LogP contribution < -0.4 is 5.56 Å². The topological polar surface area (TPSA) is 37.8 Å². The third-order valence-corrected chi connectivity index (χ3v) is 2.38. The second-order valence-electron chi connectivity index (χ2n) is 2.76. The molecular formula is C9H6FIN2O. The molecule has 14 heavy (non-hydrogen) atoms. The Kier molecular flexibility index (Phi) is 2.40. The summed E-state index contributed by atoms with van der Waals surface area (Å²) in [6.45, 7) is 0. The molecule has 1 aromatic heterocycles. The Morgan fingerprint density at radius 3 is 2.71 bits per heavy atom. The molecule has 72 valence electrons. The molecule has 3 nitrogen and oxygen atoms in total. The maximum Gasteiger partial charge on any atom is 0.271 e. The molecule has 0 spiro atoms. The van der Waals surface area contributed by atoms with E-state index in [-0.39, 0.29) is 11.4 Å². The lowest BCUT2D eigenvalue weighted by atomic mass is 10.3. The van der Waals surface area contributed by atoms with Crippen molar-refractivity contribution in [1.29, 1.82) is 0 Å². The molecule has 0 saturated heterocycles. The van der Waals surface area contributed by atoms with Crippen molar-refractivity contribution in [3.05, 3.63) is 50.2 Å². The number of nitrogens with one attached hydrogen (secondary N) is 1. The smallest absolute Gasteiger partial charge is 0.271 e. The average molecular weight is 304 g/mol. The van der Waals surface area contributed by atoms with Gasteiger partial charge in [-0.05, 0) is 40.8 Å². The summed E-state index contributed by atoms with van der Waals surface area (Å²) < 4.78 is 15.0. The van der Waals surface area contributed by atoms with Crippen molar-refractivity contribution in [2.24, 2.45) is 0 Å². The van der Waals surface area contributed by atoms with Crippen LogP contribution in [0.1, 0.15) is 0 Å². The largest absolute Gasteiger partial charge is 0.298 e. The molecule has 0 aliphatic heterocycles. The molecule has 5 heteroatoms. The van der Waals surface area contributed by atoms with Crippen molar-refractivity contribution in [3.8, 4) is 5.69 Å². The summed E-state index contributed by atoms with van der Waals surface area (Å²) >= 11 is 2.00. The second kappa shape index (κ2) is 3.56. The number of hydrogen-bond acceptors (Lipinski definition) is 1. The summed E-state index contributed by atoms with van der Waals surface area (Å²) in [5.74, 6) is -0.353. The first-order chi connectivity index (χ1) is 6.66. The highest BCUT2D eigenvalue weighted by molar-refractivity contribution is 14.1. The zero-order valence-corrected chi connectivity index (χ0v) is 9.16. The first-order valence-electron chi connectivity index (χ1n) is 3.90. The zero-order valence-electron chi connectivity index (χ0n) is 7.00. The third-order valence-electron chi connectivity index (χ3n) is 1.76. The van der Waals surface area contributed by atoms with Crippen molar-refractivity contribution < 1.29 is 4.39 Å². The van der Waals surface area contributed by atoms with Gasteiger partial charge in [-0.1, -0.05) is 0 Å². The van der Waals surface area contributed by atoms with Crippen molar-refractivity contribution in [2.75, 3.05) is 0 Å². The van der Waals surface area contributed by atoms with Gasteiger partial charge in [0.1, 0.15) is 5.82 Å². The average Bonchev–Trinajstić information content (AvgIpc) is 2.49. The normalized spacial score (nSPS) is 10.4. The zero-order chi connectivity index (χ0) is 10.1. The highest BCUT2D eigenvalue weighted by atomic mass is 127. The van der Waals surface area contributed by atoms with Crippen LogP contribution in [0.2, 0.25) is 0 Å². The Morgan fingerprint density at radius 2 is 2.14 bits per heavy atom. The molecule has 0 radical (unpaired) electrons. The summed E-state index contributed by atoms with van der Waals surface area (Å²) in [7, 11) is 0. The van der Waals surface area contributed by atoms with Crippen molar-refractivity contribution in [3.63, 3.8) is 0 Å². The molecule has 0 atom stereocenters. The number of aromatic nitrogens is 2. The van der Waals surface area contributed by atoms with Crippen LogP contribution in [0.25, 0.3) is 5.69 Å². The highest BCUT2D eigenvalue weighted by Gasteiger charge is 2.03. The maximum absolute atomic E-state index is 13.0. The van der Waals surface area contributed by atoms with Crippen LogP contribution >= 0.6 is 22.6 Å². The van der Waals surface area contributed by atoms with Crippen LogP contribution in [0.15, 0.2) is 35.3 Å². The number of hydrogen-bond donors (Lipinski definition) is 1. The van der Waals surface area contributed by atoms with E-state index in [4.69, 9.17) is 0 Å². The monoisotopic (exact) mass is 304 g/mol. The van der Waals surface area contributed by atoms with Gasteiger partial charge in [-0.2, -0.15) is 0 Å². The Labute approximate surface area is 92.7 Å². The summed E-state index contributed by atoms with van der Waals surface area (Å²) in [5.41, 5.74) is 0.302. The fourth-order valence-electron chi connectivity index (χ4n) is 1.19. The van der Waals surface area contributed by atoms with E-state index in [1.54, 1.807) is 6.07 Å². The van der Waals surface area contributed by atoms with E-state index in [0.29, 0.717) is 5.69 Å². The maximum atomic E-state index is 13.0. The van der Waals surface area contributed by atoms with E-state index in [1.165, 1.54) is 29.1 Å². The first kappa shape index (κ1) is 9.45. The van der Waals surface area contributed by atoms with Crippen LogP contribution in [0.3, 0.4) is 0 Å². The van der Waals surface area contributed by atoms with E-state index in [1.807, 2.05) is 22.6 Å². The lowest BCUT2D eigenvalue weighted by molar-refractivity contribution is 0.624. The molecular weight excluding hydrogens is 298 g/mol. The summed E-state index contributed by atoms with van der Waals surface area (Å²) in [6.07, 6.45) is 1.51. The van der Waals surface area contributed by atoms with Gasteiger partial charge in [0.15, 0.2) is 0 Å². The fraction of sp³-hybridized carbons (Fsp3) is 0. The van der Waals surface area contributed by atoms with Crippen LogP contribution in [0, 0.1) is 9.39 Å². The molecule has 0 bridgehead atoms. The van der Waals surface area contributed by atoms with Gasteiger partial charge in [0.2, 0.25) is 0 Å². The van der Waals surface area contributed by atoms with Gasteiger partial charge >= 0.3 is 0 Å². The van der Waals surface area contributed by atoms with Crippen LogP contribution in [-0.4, -0.2) is 9.78 Å². The van der Waals surface area contributed by atoms with Gasteiger partial charge in [-0.3, -0.25) is 9.89 Å². The second-order valence-corrected chi connectivity index (χ2v) is 4.01. The molecule has 0 aliphatic rings. The van der Waals surface area contributed by atoms with Crippen molar-refractivity contribution >= 4 is 22.6 Å². The fourth-order valence-corrected chi connectivity index (χ4v) is 1.81. The molecule has 1 N–H and O–H groups in total. The Hall–Kier alpha value is -1.11.